The van der Waals surface area contributed by atoms with Crippen LogP contribution in [0.3, 0.4) is 0 Å². The molecule has 1 saturated heterocycles. The molecule has 1 saturated carbocycles. The SMILES string of the molecule is CN1CCC(CN(CCc2ccccc2)C(=O)C2CCCC2)CC1. The summed E-state index contributed by atoms with van der Waals surface area (Å²) >= 11 is 0. The molecule has 0 radical (unpaired) electrons. The first-order valence-electron chi connectivity index (χ1n) is 9.73. The second-order valence-corrected chi connectivity index (χ2v) is 7.75. The molecule has 0 atom stereocenters. The van der Waals surface area contributed by atoms with E-state index in [2.05, 4.69) is 47.2 Å². The lowest BCUT2D eigenvalue weighted by atomic mass is 9.95. The van der Waals surface area contributed by atoms with Gasteiger partial charge in [-0.2, -0.15) is 0 Å². The Bertz CT molecular complexity index is 502. The van der Waals surface area contributed by atoms with Crippen molar-refractivity contribution in [1.82, 2.24) is 9.80 Å². The van der Waals surface area contributed by atoms with E-state index in [0.717, 1.165) is 32.4 Å². The van der Waals surface area contributed by atoms with E-state index in [4.69, 9.17) is 0 Å². The molecular weight excluding hydrogens is 296 g/mol. The first-order chi connectivity index (χ1) is 11.7. The van der Waals surface area contributed by atoms with Gasteiger partial charge in [0.25, 0.3) is 0 Å². The summed E-state index contributed by atoms with van der Waals surface area (Å²) in [5.41, 5.74) is 1.34. The lowest BCUT2D eigenvalue weighted by Crippen LogP contribution is -2.42. The van der Waals surface area contributed by atoms with E-state index in [0.29, 0.717) is 17.7 Å². The molecule has 2 fully saturated rings. The Balaban J connectivity index is 1.60. The minimum absolute atomic E-state index is 0.298. The normalized spacial score (nSPS) is 20.4. The molecule has 1 aliphatic heterocycles. The third-order valence-corrected chi connectivity index (χ3v) is 5.85. The van der Waals surface area contributed by atoms with Crippen molar-refractivity contribution >= 4 is 5.91 Å². The molecule has 0 bridgehead atoms. The van der Waals surface area contributed by atoms with E-state index < -0.39 is 0 Å². The Kier molecular flexibility index (Phi) is 6.30. The highest BCUT2D eigenvalue weighted by Gasteiger charge is 2.29. The van der Waals surface area contributed by atoms with Crippen molar-refractivity contribution in [2.75, 3.05) is 33.2 Å². The van der Waals surface area contributed by atoms with Gasteiger partial charge in [-0.1, -0.05) is 43.2 Å². The summed E-state index contributed by atoms with van der Waals surface area (Å²) in [5, 5.41) is 0. The van der Waals surface area contributed by atoms with Gasteiger partial charge < -0.3 is 9.80 Å². The van der Waals surface area contributed by atoms with Gasteiger partial charge in [0.15, 0.2) is 0 Å². The molecule has 1 amide bonds. The van der Waals surface area contributed by atoms with Gasteiger partial charge in [0.05, 0.1) is 0 Å². The number of hydrogen-bond donors (Lipinski definition) is 0. The van der Waals surface area contributed by atoms with Crippen molar-refractivity contribution in [1.29, 1.82) is 0 Å². The third-order valence-electron chi connectivity index (χ3n) is 5.85. The van der Waals surface area contributed by atoms with Gasteiger partial charge in [-0.25, -0.2) is 0 Å². The summed E-state index contributed by atoms with van der Waals surface area (Å²) in [7, 11) is 2.20. The van der Waals surface area contributed by atoms with Gasteiger partial charge >= 0.3 is 0 Å². The fraction of sp³-hybridized carbons (Fsp3) is 0.667. The van der Waals surface area contributed by atoms with Crippen molar-refractivity contribution < 1.29 is 4.79 Å². The fourth-order valence-electron chi connectivity index (χ4n) is 4.19. The molecule has 3 rings (SSSR count). The van der Waals surface area contributed by atoms with Gasteiger partial charge in [-0.15, -0.1) is 0 Å². The number of piperidine rings is 1. The quantitative estimate of drug-likeness (QED) is 0.797. The zero-order valence-electron chi connectivity index (χ0n) is 15.1. The Labute approximate surface area is 147 Å². The molecule has 24 heavy (non-hydrogen) atoms. The Morgan fingerprint density at radius 3 is 2.42 bits per heavy atom. The van der Waals surface area contributed by atoms with Gasteiger partial charge in [-0.3, -0.25) is 4.79 Å². The fourth-order valence-corrected chi connectivity index (χ4v) is 4.19. The van der Waals surface area contributed by atoms with Crippen LogP contribution in [0.5, 0.6) is 0 Å². The molecule has 2 aliphatic rings. The maximum absolute atomic E-state index is 13.0. The first kappa shape index (κ1) is 17.5. The zero-order valence-corrected chi connectivity index (χ0v) is 15.1. The number of likely N-dealkylation sites (tertiary alicyclic amines) is 1. The van der Waals surface area contributed by atoms with E-state index in [9.17, 15) is 4.79 Å². The maximum Gasteiger partial charge on any atom is 0.225 e. The average Bonchev–Trinajstić information content (AvgIpc) is 3.15. The molecular formula is C21H32N2O. The van der Waals surface area contributed by atoms with Crippen LogP contribution < -0.4 is 0 Å². The molecule has 3 nitrogen and oxygen atoms in total. The summed E-state index contributed by atoms with van der Waals surface area (Å²) in [5.74, 6) is 1.41. The zero-order chi connectivity index (χ0) is 16.8. The van der Waals surface area contributed by atoms with Gasteiger partial charge in [0.1, 0.15) is 0 Å². The van der Waals surface area contributed by atoms with Crippen molar-refractivity contribution in [3.63, 3.8) is 0 Å². The Hall–Kier alpha value is -1.35. The average molecular weight is 329 g/mol. The summed E-state index contributed by atoms with van der Waals surface area (Å²) in [6.07, 6.45) is 8.12. The van der Waals surface area contributed by atoms with E-state index in [-0.39, 0.29) is 0 Å². The van der Waals surface area contributed by atoms with Gasteiger partial charge in [-0.05, 0) is 63.7 Å². The minimum atomic E-state index is 0.298. The van der Waals surface area contributed by atoms with Gasteiger partial charge in [0.2, 0.25) is 5.91 Å². The Morgan fingerprint density at radius 2 is 1.75 bits per heavy atom. The van der Waals surface area contributed by atoms with E-state index in [1.165, 1.54) is 44.3 Å². The summed E-state index contributed by atoms with van der Waals surface area (Å²) in [6.45, 7) is 4.20. The number of rotatable bonds is 6. The van der Waals surface area contributed by atoms with Crippen LogP contribution in [-0.2, 0) is 11.2 Å². The number of benzene rings is 1. The highest BCUT2D eigenvalue weighted by Crippen LogP contribution is 2.28. The molecule has 1 heterocycles. The molecule has 0 N–H and O–H groups in total. The minimum Gasteiger partial charge on any atom is -0.342 e. The monoisotopic (exact) mass is 328 g/mol. The molecule has 3 heteroatoms. The second kappa shape index (κ2) is 8.66. The van der Waals surface area contributed by atoms with Crippen LogP contribution in [0.15, 0.2) is 30.3 Å². The largest absolute Gasteiger partial charge is 0.342 e. The van der Waals surface area contributed by atoms with Crippen LogP contribution in [0.4, 0.5) is 0 Å². The predicted octanol–water partition coefficient (Wildman–Crippen LogP) is 3.59. The standard InChI is InChI=1S/C21H32N2O/c1-22-14-11-19(12-15-22)17-23(21(24)20-9-5-6-10-20)16-13-18-7-3-2-4-8-18/h2-4,7-8,19-20H,5-6,9-17H2,1H3. The first-order valence-corrected chi connectivity index (χ1v) is 9.73. The highest BCUT2D eigenvalue weighted by molar-refractivity contribution is 5.79. The second-order valence-electron chi connectivity index (χ2n) is 7.75. The summed E-state index contributed by atoms with van der Waals surface area (Å²) < 4.78 is 0. The van der Waals surface area contributed by atoms with Crippen LogP contribution in [0, 0.1) is 11.8 Å². The van der Waals surface area contributed by atoms with Crippen molar-refractivity contribution in [3.8, 4) is 0 Å². The molecule has 132 valence electrons. The van der Waals surface area contributed by atoms with Crippen LogP contribution in [-0.4, -0.2) is 48.9 Å². The summed E-state index contributed by atoms with van der Waals surface area (Å²) in [6, 6.07) is 10.6. The number of carbonyl (C=O) groups excluding carboxylic acids is 1. The maximum atomic E-state index is 13.0. The van der Waals surface area contributed by atoms with E-state index in [1.54, 1.807) is 0 Å². The smallest absolute Gasteiger partial charge is 0.225 e. The predicted molar refractivity (Wildman–Crippen MR) is 98.9 cm³/mol. The van der Waals surface area contributed by atoms with Crippen molar-refractivity contribution in [2.24, 2.45) is 11.8 Å². The Morgan fingerprint density at radius 1 is 1.08 bits per heavy atom. The van der Waals surface area contributed by atoms with Crippen LogP contribution in [0.1, 0.15) is 44.1 Å². The number of hydrogen-bond acceptors (Lipinski definition) is 2. The number of nitrogens with zero attached hydrogens (tertiary/aromatic N) is 2. The van der Waals surface area contributed by atoms with Crippen LogP contribution >= 0.6 is 0 Å². The van der Waals surface area contributed by atoms with Crippen LogP contribution in [0.25, 0.3) is 0 Å². The summed E-state index contributed by atoms with van der Waals surface area (Å²) in [4.78, 5) is 17.6. The lowest BCUT2D eigenvalue weighted by molar-refractivity contribution is -0.136. The molecule has 1 aliphatic carbocycles. The number of amides is 1. The topological polar surface area (TPSA) is 23.6 Å². The molecule has 0 unspecified atom stereocenters. The molecule has 0 aromatic heterocycles. The molecule has 1 aromatic carbocycles. The lowest BCUT2D eigenvalue weighted by Gasteiger charge is -2.34. The van der Waals surface area contributed by atoms with E-state index >= 15 is 0 Å². The number of carbonyl (C=O) groups is 1. The van der Waals surface area contributed by atoms with Crippen molar-refractivity contribution in [2.45, 2.75) is 44.9 Å². The third kappa shape index (κ3) is 4.83. The van der Waals surface area contributed by atoms with Crippen molar-refractivity contribution in [3.05, 3.63) is 35.9 Å². The molecule has 0 spiro atoms. The molecule has 1 aromatic rings. The van der Waals surface area contributed by atoms with Crippen LogP contribution in [0.2, 0.25) is 0 Å². The van der Waals surface area contributed by atoms with E-state index in [1.807, 2.05) is 0 Å². The van der Waals surface area contributed by atoms with Gasteiger partial charge in [0, 0.05) is 19.0 Å². The highest BCUT2D eigenvalue weighted by atomic mass is 16.2.